The number of aliphatic hydroxyl groups excluding tert-OH is 2. The molecule has 7 heteroatoms. The highest BCUT2D eigenvalue weighted by Gasteiger charge is 2.31. The highest BCUT2D eigenvalue weighted by atomic mass is 32.2. The lowest BCUT2D eigenvalue weighted by Gasteiger charge is -2.34. The first-order valence-electron chi connectivity index (χ1n) is 5.88. The minimum atomic E-state index is -3.61. The molecule has 1 aliphatic heterocycles. The Morgan fingerprint density at radius 1 is 1.24 bits per heavy atom. The highest BCUT2D eigenvalue weighted by molar-refractivity contribution is 7.87. The Hall–Kier alpha value is -0.210. The quantitative estimate of drug-likeness (QED) is 0.605. The van der Waals surface area contributed by atoms with Crippen molar-refractivity contribution in [1.29, 1.82) is 0 Å². The molecule has 1 fully saturated rings. The predicted molar refractivity (Wildman–Crippen MR) is 64.5 cm³/mol. The van der Waals surface area contributed by atoms with Gasteiger partial charge in [0, 0.05) is 13.1 Å². The summed E-state index contributed by atoms with van der Waals surface area (Å²) in [6, 6.07) is -0.826. The Bertz CT molecular complexity index is 319. The first kappa shape index (κ1) is 14.8. The van der Waals surface area contributed by atoms with E-state index in [1.807, 2.05) is 13.8 Å². The van der Waals surface area contributed by atoms with Crippen molar-refractivity contribution in [3.05, 3.63) is 0 Å². The minimum Gasteiger partial charge on any atom is -0.395 e. The molecule has 2 unspecified atom stereocenters. The van der Waals surface area contributed by atoms with E-state index in [0.29, 0.717) is 24.9 Å². The monoisotopic (exact) mass is 266 g/mol. The zero-order chi connectivity index (χ0) is 13.1. The zero-order valence-electron chi connectivity index (χ0n) is 10.3. The number of nitrogens with one attached hydrogen (secondary N) is 1. The van der Waals surface area contributed by atoms with E-state index in [1.165, 1.54) is 4.31 Å². The van der Waals surface area contributed by atoms with Crippen LogP contribution in [0.4, 0.5) is 0 Å². The van der Waals surface area contributed by atoms with Crippen LogP contribution in [0.3, 0.4) is 0 Å². The largest absolute Gasteiger partial charge is 0.395 e. The van der Waals surface area contributed by atoms with Gasteiger partial charge in [-0.3, -0.25) is 0 Å². The van der Waals surface area contributed by atoms with Gasteiger partial charge in [-0.15, -0.1) is 0 Å². The third kappa shape index (κ3) is 4.18. The Morgan fingerprint density at radius 2 is 1.71 bits per heavy atom. The van der Waals surface area contributed by atoms with Gasteiger partial charge in [-0.2, -0.15) is 17.4 Å². The van der Waals surface area contributed by atoms with Crippen molar-refractivity contribution in [2.75, 3.05) is 26.3 Å². The maximum Gasteiger partial charge on any atom is 0.279 e. The second-order valence-electron chi connectivity index (χ2n) is 4.95. The molecule has 0 aromatic rings. The van der Waals surface area contributed by atoms with Gasteiger partial charge in [0.05, 0.1) is 19.3 Å². The van der Waals surface area contributed by atoms with E-state index in [2.05, 4.69) is 4.72 Å². The summed E-state index contributed by atoms with van der Waals surface area (Å²) in [6.45, 7) is 4.21. The fraction of sp³-hybridized carbons (Fsp3) is 1.00. The van der Waals surface area contributed by atoms with Gasteiger partial charge >= 0.3 is 0 Å². The van der Waals surface area contributed by atoms with Crippen LogP contribution in [0.5, 0.6) is 0 Å². The molecule has 1 saturated heterocycles. The van der Waals surface area contributed by atoms with Crippen molar-refractivity contribution in [2.45, 2.75) is 26.3 Å². The number of hydrogen-bond donors (Lipinski definition) is 3. The molecule has 0 aliphatic carbocycles. The van der Waals surface area contributed by atoms with Crippen LogP contribution >= 0.6 is 0 Å². The van der Waals surface area contributed by atoms with Crippen molar-refractivity contribution < 1.29 is 18.6 Å². The summed E-state index contributed by atoms with van der Waals surface area (Å²) in [5.41, 5.74) is 0. The molecule has 102 valence electrons. The maximum absolute atomic E-state index is 12.0. The smallest absolute Gasteiger partial charge is 0.279 e. The van der Waals surface area contributed by atoms with Crippen molar-refractivity contribution in [3.8, 4) is 0 Å². The molecule has 1 aliphatic rings. The minimum absolute atomic E-state index is 0.331. The summed E-state index contributed by atoms with van der Waals surface area (Å²) in [5.74, 6) is 0.661. The van der Waals surface area contributed by atoms with E-state index in [4.69, 9.17) is 10.2 Å². The highest BCUT2D eigenvalue weighted by Crippen LogP contribution is 2.22. The van der Waals surface area contributed by atoms with Crippen LogP contribution in [0, 0.1) is 11.8 Å². The number of piperidine rings is 1. The molecule has 3 N–H and O–H groups in total. The van der Waals surface area contributed by atoms with E-state index >= 15 is 0 Å². The van der Waals surface area contributed by atoms with Gasteiger partial charge < -0.3 is 10.2 Å². The molecule has 6 nitrogen and oxygen atoms in total. The fourth-order valence-electron chi connectivity index (χ4n) is 2.22. The molecular weight excluding hydrogens is 244 g/mol. The molecule has 1 heterocycles. The summed E-state index contributed by atoms with van der Waals surface area (Å²) in [6.07, 6.45) is 1.02. The second kappa shape index (κ2) is 6.10. The zero-order valence-corrected chi connectivity index (χ0v) is 11.2. The van der Waals surface area contributed by atoms with Gasteiger partial charge in [0.1, 0.15) is 0 Å². The summed E-state index contributed by atoms with van der Waals surface area (Å²) >= 11 is 0. The molecule has 1 rings (SSSR count). The Balaban J connectivity index is 2.69. The molecule has 0 spiro atoms. The molecule has 0 radical (unpaired) electrons. The van der Waals surface area contributed by atoms with E-state index in [-0.39, 0.29) is 0 Å². The number of nitrogens with zero attached hydrogens (tertiary/aromatic N) is 1. The summed E-state index contributed by atoms with van der Waals surface area (Å²) in [5, 5.41) is 17.8. The van der Waals surface area contributed by atoms with Crippen LogP contribution in [0.2, 0.25) is 0 Å². The van der Waals surface area contributed by atoms with Gasteiger partial charge in [-0.1, -0.05) is 13.8 Å². The molecular formula is C10H22N2O4S. The average Bonchev–Trinajstić information content (AvgIpc) is 2.24. The first-order chi connectivity index (χ1) is 7.89. The lowest BCUT2D eigenvalue weighted by Crippen LogP contribution is -2.52. The molecule has 0 bridgehead atoms. The normalized spacial score (nSPS) is 27.6. The van der Waals surface area contributed by atoms with Crippen molar-refractivity contribution in [2.24, 2.45) is 11.8 Å². The Morgan fingerprint density at radius 3 is 2.12 bits per heavy atom. The number of aliphatic hydroxyl groups is 2. The second-order valence-corrected chi connectivity index (χ2v) is 6.65. The van der Waals surface area contributed by atoms with Crippen molar-refractivity contribution >= 4 is 10.2 Å². The first-order valence-corrected chi connectivity index (χ1v) is 7.32. The van der Waals surface area contributed by atoms with Crippen LogP contribution in [-0.4, -0.2) is 55.3 Å². The van der Waals surface area contributed by atoms with E-state index in [1.54, 1.807) is 0 Å². The molecule has 17 heavy (non-hydrogen) atoms. The van der Waals surface area contributed by atoms with Crippen molar-refractivity contribution in [1.82, 2.24) is 9.03 Å². The summed E-state index contributed by atoms with van der Waals surface area (Å²) in [4.78, 5) is 0. The van der Waals surface area contributed by atoms with Gasteiger partial charge in [0.2, 0.25) is 0 Å². The summed E-state index contributed by atoms with van der Waals surface area (Å²) in [7, 11) is -3.61. The van der Waals surface area contributed by atoms with Gasteiger partial charge in [0.25, 0.3) is 10.2 Å². The number of hydrogen-bond acceptors (Lipinski definition) is 4. The molecule has 0 amide bonds. The third-order valence-electron chi connectivity index (χ3n) is 2.93. The average molecular weight is 266 g/mol. The topological polar surface area (TPSA) is 89.9 Å². The van der Waals surface area contributed by atoms with Crippen LogP contribution in [0.15, 0.2) is 0 Å². The third-order valence-corrected chi connectivity index (χ3v) is 4.54. The molecule has 0 saturated carbocycles. The maximum atomic E-state index is 12.0. The van der Waals surface area contributed by atoms with Crippen LogP contribution in [-0.2, 0) is 10.2 Å². The standard InChI is InChI=1S/C10H22N2O4S/c1-8-3-9(2)5-12(4-8)17(15,16)11-10(6-13)7-14/h8-11,13-14H,3-7H2,1-2H3. The predicted octanol–water partition coefficient (Wildman–Crippen LogP) is -0.848. The lowest BCUT2D eigenvalue weighted by atomic mass is 9.94. The van der Waals surface area contributed by atoms with Gasteiger partial charge in [-0.25, -0.2) is 0 Å². The van der Waals surface area contributed by atoms with Gasteiger partial charge in [0.15, 0.2) is 0 Å². The molecule has 2 atom stereocenters. The van der Waals surface area contributed by atoms with E-state index < -0.39 is 29.5 Å². The van der Waals surface area contributed by atoms with E-state index in [0.717, 1.165) is 6.42 Å². The lowest BCUT2D eigenvalue weighted by molar-refractivity contribution is 0.178. The Labute approximate surface area is 103 Å². The summed E-state index contributed by atoms with van der Waals surface area (Å²) < 4.78 is 27.7. The molecule has 0 aromatic carbocycles. The van der Waals surface area contributed by atoms with E-state index in [9.17, 15) is 8.42 Å². The SMILES string of the molecule is CC1CC(C)CN(S(=O)(=O)NC(CO)CO)C1. The van der Waals surface area contributed by atoms with Crippen molar-refractivity contribution in [3.63, 3.8) is 0 Å². The van der Waals surface area contributed by atoms with Crippen LogP contribution < -0.4 is 4.72 Å². The Kier molecular flexibility index (Phi) is 5.33. The van der Waals surface area contributed by atoms with Gasteiger partial charge in [-0.05, 0) is 18.3 Å². The molecule has 0 aromatic heterocycles. The number of rotatable bonds is 5. The fourth-order valence-corrected chi connectivity index (χ4v) is 3.84. The van der Waals surface area contributed by atoms with Crippen LogP contribution in [0.1, 0.15) is 20.3 Å². The van der Waals surface area contributed by atoms with Crippen LogP contribution in [0.25, 0.3) is 0 Å².